The molecule has 24 heavy (non-hydrogen) atoms. The predicted octanol–water partition coefficient (Wildman–Crippen LogP) is 3.28. The number of nitro groups is 1. The van der Waals surface area contributed by atoms with Gasteiger partial charge in [0.15, 0.2) is 0 Å². The lowest BCUT2D eigenvalue weighted by atomic mass is 10.1. The first kappa shape index (κ1) is 17.4. The highest BCUT2D eigenvalue weighted by molar-refractivity contribution is 5.64. The lowest BCUT2D eigenvalue weighted by Gasteiger charge is -2.13. The minimum Gasteiger partial charge on any atom is -0.375 e. The highest BCUT2D eigenvalue weighted by Gasteiger charge is 2.14. The summed E-state index contributed by atoms with van der Waals surface area (Å²) in [6.45, 7) is 0.782. The van der Waals surface area contributed by atoms with Crippen LogP contribution in [0.1, 0.15) is 16.7 Å². The molecule has 0 saturated carbocycles. The Hall–Kier alpha value is -2.98. The summed E-state index contributed by atoms with van der Waals surface area (Å²) in [6, 6.07) is 10.9. The molecule has 2 rings (SSSR count). The lowest BCUT2D eigenvalue weighted by molar-refractivity contribution is -0.384. The van der Waals surface area contributed by atoms with Crippen LogP contribution in [0.5, 0.6) is 0 Å². The summed E-state index contributed by atoms with van der Waals surface area (Å²) in [7, 11) is 3.70. The third kappa shape index (κ3) is 4.27. The molecule has 0 aliphatic rings. The van der Waals surface area contributed by atoms with Gasteiger partial charge in [-0.2, -0.15) is 5.26 Å². The van der Waals surface area contributed by atoms with Crippen LogP contribution in [0.2, 0.25) is 0 Å². The first-order chi connectivity index (χ1) is 11.4. The molecular formula is C17H17FN4O2. The number of hydrogen-bond acceptors (Lipinski definition) is 5. The van der Waals surface area contributed by atoms with E-state index in [-0.39, 0.29) is 17.1 Å². The van der Waals surface area contributed by atoms with Gasteiger partial charge in [0.05, 0.1) is 16.6 Å². The van der Waals surface area contributed by atoms with Crippen LogP contribution in [-0.4, -0.2) is 23.9 Å². The predicted molar refractivity (Wildman–Crippen MR) is 88.9 cm³/mol. The zero-order valence-electron chi connectivity index (χ0n) is 13.4. The van der Waals surface area contributed by atoms with Crippen molar-refractivity contribution in [3.05, 3.63) is 69.0 Å². The second-order valence-electron chi connectivity index (χ2n) is 5.62. The molecule has 0 spiro atoms. The molecule has 0 radical (unpaired) electrons. The van der Waals surface area contributed by atoms with Gasteiger partial charge in [-0.1, -0.05) is 6.07 Å². The van der Waals surface area contributed by atoms with Crippen LogP contribution in [-0.2, 0) is 13.1 Å². The molecule has 0 saturated heterocycles. The minimum atomic E-state index is -0.536. The number of nitro benzene ring substituents is 1. The Balaban J connectivity index is 2.19. The Morgan fingerprint density at radius 1 is 1.29 bits per heavy atom. The molecule has 124 valence electrons. The third-order valence-corrected chi connectivity index (χ3v) is 3.40. The molecule has 0 bridgehead atoms. The quantitative estimate of drug-likeness (QED) is 0.650. The maximum atomic E-state index is 13.8. The average Bonchev–Trinajstić information content (AvgIpc) is 2.54. The molecule has 0 unspecified atom stereocenters. The number of nitriles is 1. The Morgan fingerprint density at radius 3 is 2.67 bits per heavy atom. The van der Waals surface area contributed by atoms with Crippen molar-refractivity contribution in [2.24, 2.45) is 0 Å². The molecule has 2 aromatic carbocycles. The fourth-order valence-corrected chi connectivity index (χ4v) is 2.30. The zero-order valence-corrected chi connectivity index (χ0v) is 13.4. The fourth-order valence-electron chi connectivity index (χ4n) is 2.30. The fraction of sp³-hybridized carbons (Fsp3) is 0.235. The Bertz CT molecular complexity index is 800. The second-order valence-corrected chi connectivity index (χ2v) is 5.62. The molecule has 7 heteroatoms. The molecule has 0 heterocycles. The van der Waals surface area contributed by atoms with Crippen molar-refractivity contribution in [1.29, 1.82) is 5.26 Å². The summed E-state index contributed by atoms with van der Waals surface area (Å²) in [5, 5.41) is 22.9. The van der Waals surface area contributed by atoms with Crippen LogP contribution in [0.15, 0.2) is 36.4 Å². The van der Waals surface area contributed by atoms with E-state index in [0.717, 1.165) is 5.56 Å². The number of halogens is 1. The highest BCUT2D eigenvalue weighted by atomic mass is 19.1. The summed E-state index contributed by atoms with van der Waals surface area (Å²) >= 11 is 0. The number of benzene rings is 2. The van der Waals surface area contributed by atoms with Gasteiger partial charge in [0, 0.05) is 24.7 Å². The molecular weight excluding hydrogens is 311 g/mol. The first-order valence-electron chi connectivity index (χ1n) is 7.25. The van der Waals surface area contributed by atoms with Crippen LogP contribution < -0.4 is 5.32 Å². The number of nitrogens with zero attached hydrogens (tertiary/aromatic N) is 3. The summed E-state index contributed by atoms with van der Waals surface area (Å²) in [5.74, 6) is -0.281. The maximum absolute atomic E-state index is 13.8. The van der Waals surface area contributed by atoms with E-state index in [1.54, 1.807) is 12.1 Å². The van der Waals surface area contributed by atoms with E-state index >= 15 is 0 Å². The van der Waals surface area contributed by atoms with E-state index in [1.165, 1.54) is 24.3 Å². The van der Waals surface area contributed by atoms with Gasteiger partial charge in [-0.15, -0.1) is 0 Å². The monoisotopic (exact) mass is 328 g/mol. The third-order valence-electron chi connectivity index (χ3n) is 3.40. The first-order valence-corrected chi connectivity index (χ1v) is 7.25. The standard InChI is InChI=1S/C17H17FN4O2/c1-21(2)11-14-7-13(3-5-15(14)18)10-20-16-6-4-12(9-19)8-17(16)22(23)24/h3-8,20H,10-11H2,1-2H3. The van der Waals surface area contributed by atoms with Crippen molar-refractivity contribution in [3.63, 3.8) is 0 Å². The van der Waals surface area contributed by atoms with Crippen molar-refractivity contribution >= 4 is 11.4 Å². The topological polar surface area (TPSA) is 82.2 Å². The summed E-state index contributed by atoms with van der Waals surface area (Å²) < 4.78 is 13.8. The molecule has 0 fully saturated rings. The molecule has 2 aromatic rings. The van der Waals surface area contributed by atoms with Gasteiger partial charge >= 0.3 is 0 Å². The number of anilines is 1. The molecule has 6 nitrogen and oxygen atoms in total. The van der Waals surface area contributed by atoms with Gasteiger partial charge in [0.1, 0.15) is 11.5 Å². The number of hydrogen-bond donors (Lipinski definition) is 1. The molecule has 0 aromatic heterocycles. The van der Waals surface area contributed by atoms with Gasteiger partial charge in [0.2, 0.25) is 0 Å². The highest BCUT2D eigenvalue weighted by Crippen LogP contribution is 2.26. The van der Waals surface area contributed by atoms with E-state index in [2.05, 4.69) is 5.32 Å². The smallest absolute Gasteiger partial charge is 0.293 e. The van der Waals surface area contributed by atoms with E-state index in [9.17, 15) is 14.5 Å². The normalized spacial score (nSPS) is 10.5. The Morgan fingerprint density at radius 2 is 2.04 bits per heavy atom. The Kier molecular flexibility index (Phi) is 5.45. The SMILES string of the molecule is CN(C)Cc1cc(CNc2ccc(C#N)cc2[N+](=O)[O-])ccc1F. The Labute approximate surface area is 139 Å². The van der Waals surface area contributed by atoms with Crippen molar-refractivity contribution in [2.45, 2.75) is 13.1 Å². The molecule has 0 aliphatic heterocycles. The molecule has 1 N–H and O–H groups in total. The van der Waals surface area contributed by atoms with E-state index in [0.29, 0.717) is 24.3 Å². The van der Waals surface area contributed by atoms with Crippen molar-refractivity contribution < 1.29 is 9.31 Å². The van der Waals surface area contributed by atoms with Crippen LogP contribution in [0.25, 0.3) is 0 Å². The van der Waals surface area contributed by atoms with Crippen molar-refractivity contribution in [1.82, 2.24) is 4.90 Å². The number of nitrogens with one attached hydrogen (secondary N) is 1. The second kappa shape index (κ2) is 7.53. The maximum Gasteiger partial charge on any atom is 0.293 e. The summed E-state index contributed by atoms with van der Waals surface area (Å²) in [6.07, 6.45) is 0. The molecule has 0 aliphatic carbocycles. The van der Waals surface area contributed by atoms with E-state index in [1.807, 2.05) is 25.1 Å². The van der Waals surface area contributed by atoms with E-state index < -0.39 is 4.92 Å². The van der Waals surface area contributed by atoms with Crippen LogP contribution >= 0.6 is 0 Å². The minimum absolute atomic E-state index is 0.162. The van der Waals surface area contributed by atoms with Gasteiger partial charge in [-0.3, -0.25) is 10.1 Å². The van der Waals surface area contributed by atoms with Crippen LogP contribution in [0.4, 0.5) is 15.8 Å². The van der Waals surface area contributed by atoms with Crippen LogP contribution in [0.3, 0.4) is 0 Å². The van der Waals surface area contributed by atoms with Gasteiger partial charge < -0.3 is 10.2 Å². The summed E-state index contributed by atoms with van der Waals surface area (Å²) in [5.41, 5.74) is 1.75. The molecule has 0 atom stereocenters. The van der Waals surface area contributed by atoms with Crippen molar-refractivity contribution in [2.75, 3.05) is 19.4 Å². The van der Waals surface area contributed by atoms with Crippen molar-refractivity contribution in [3.8, 4) is 6.07 Å². The summed E-state index contributed by atoms with van der Waals surface area (Å²) in [4.78, 5) is 12.4. The van der Waals surface area contributed by atoms with E-state index in [4.69, 9.17) is 5.26 Å². The van der Waals surface area contributed by atoms with Crippen LogP contribution in [0, 0.1) is 27.3 Å². The largest absolute Gasteiger partial charge is 0.375 e. The van der Waals surface area contributed by atoms with Gasteiger partial charge in [-0.05, 0) is 43.9 Å². The average molecular weight is 328 g/mol. The number of rotatable bonds is 6. The zero-order chi connectivity index (χ0) is 17.7. The van der Waals surface area contributed by atoms with Gasteiger partial charge in [-0.25, -0.2) is 4.39 Å². The molecule has 0 amide bonds. The van der Waals surface area contributed by atoms with Gasteiger partial charge in [0.25, 0.3) is 5.69 Å². The lowest BCUT2D eigenvalue weighted by Crippen LogP contribution is -2.12.